The van der Waals surface area contributed by atoms with Crippen molar-refractivity contribution in [1.29, 1.82) is 0 Å². The third-order valence-corrected chi connectivity index (χ3v) is 4.85. The second kappa shape index (κ2) is 9.32. The average Bonchev–Trinajstić information content (AvgIpc) is 2.71. The lowest BCUT2D eigenvalue weighted by atomic mass is 10.1. The number of aromatic nitrogens is 2. The number of nitrogens with zero attached hydrogens (tertiary/aromatic N) is 2. The molecule has 1 atom stereocenters. The Morgan fingerprint density at radius 1 is 1.13 bits per heavy atom. The molecule has 2 amide bonds. The van der Waals surface area contributed by atoms with Crippen molar-refractivity contribution in [2.24, 2.45) is 5.73 Å². The minimum atomic E-state index is -0.623. The van der Waals surface area contributed by atoms with Gasteiger partial charge in [-0.1, -0.05) is 37.3 Å². The van der Waals surface area contributed by atoms with Gasteiger partial charge in [0.15, 0.2) is 12.4 Å². The first-order chi connectivity index (χ1) is 14.4. The number of nitrogens with two attached hydrogens (primary N) is 1. The lowest BCUT2D eigenvalue weighted by Crippen LogP contribution is -3.09. The molecule has 2 aromatic carbocycles. The molecule has 0 saturated carbocycles. The summed E-state index contributed by atoms with van der Waals surface area (Å²) in [6.45, 7) is 2.24. The van der Waals surface area contributed by atoms with Gasteiger partial charge < -0.3 is 16.0 Å². The fourth-order valence-corrected chi connectivity index (χ4v) is 3.42. The molecule has 0 aliphatic rings. The molecule has 0 bridgehead atoms. The van der Waals surface area contributed by atoms with E-state index in [2.05, 4.69) is 10.3 Å². The number of rotatable bonds is 8. The molecule has 30 heavy (non-hydrogen) atoms. The molecule has 8 heteroatoms. The van der Waals surface area contributed by atoms with E-state index in [1.807, 2.05) is 38.2 Å². The molecule has 156 valence electrons. The number of quaternary nitrogens is 1. The van der Waals surface area contributed by atoms with Crippen molar-refractivity contribution in [2.45, 2.75) is 26.4 Å². The first-order valence-corrected chi connectivity index (χ1v) is 9.84. The van der Waals surface area contributed by atoms with Crippen LogP contribution >= 0.6 is 0 Å². The molecular weight excluding hydrogens is 382 g/mol. The van der Waals surface area contributed by atoms with Crippen LogP contribution in [-0.2, 0) is 29.1 Å². The number of benzene rings is 2. The minimum Gasteiger partial charge on any atom is -0.368 e. The van der Waals surface area contributed by atoms with Crippen molar-refractivity contribution >= 4 is 28.4 Å². The number of para-hydroxylation sites is 2. The number of hydrogen-bond donors (Lipinski definition) is 3. The van der Waals surface area contributed by atoms with Crippen molar-refractivity contribution in [2.75, 3.05) is 18.9 Å². The molecular formula is C22H26N5O3+. The maximum absolute atomic E-state index is 12.8. The third kappa shape index (κ3) is 4.90. The summed E-state index contributed by atoms with van der Waals surface area (Å²) >= 11 is 0. The number of anilines is 1. The van der Waals surface area contributed by atoms with Gasteiger partial charge in [-0.2, -0.15) is 0 Å². The van der Waals surface area contributed by atoms with Crippen LogP contribution in [0, 0.1) is 0 Å². The molecule has 0 saturated heterocycles. The van der Waals surface area contributed by atoms with Crippen molar-refractivity contribution < 1.29 is 14.5 Å². The summed E-state index contributed by atoms with van der Waals surface area (Å²) in [7, 11) is 1.83. The van der Waals surface area contributed by atoms with E-state index < -0.39 is 5.91 Å². The Morgan fingerprint density at radius 3 is 2.57 bits per heavy atom. The molecule has 1 unspecified atom stereocenters. The fourth-order valence-electron chi connectivity index (χ4n) is 3.42. The summed E-state index contributed by atoms with van der Waals surface area (Å²) in [5.74, 6) is -0.350. The molecule has 3 aromatic rings. The molecule has 0 radical (unpaired) electrons. The second-order valence-electron chi connectivity index (χ2n) is 7.27. The Kier molecular flexibility index (Phi) is 6.58. The summed E-state index contributed by atoms with van der Waals surface area (Å²) in [5, 5.41) is 3.37. The number of primary amides is 1. The van der Waals surface area contributed by atoms with Gasteiger partial charge in [-0.25, -0.2) is 4.98 Å². The highest BCUT2D eigenvalue weighted by Gasteiger charge is 2.18. The maximum Gasteiger partial charge on any atom is 0.279 e. The Bertz CT molecular complexity index is 1140. The molecule has 1 heterocycles. The normalized spacial score (nSPS) is 11.9. The standard InChI is InChI=1S/C22H25N5O3/c1-3-15-8-4-6-10-17(15)25-21(29)14-26(2)13-20-24-18-11-7-5-9-16(18)22(30)27(20)12-19(23)28/h4-11H,3,12-14H2,1-2H3,(H2,23,28)(H,25,29)/p+1. The van der Waals surface area contributed by atoms with E-state index in [9.17, 15) is 14.4 Å². The lowest BCUT2D eigenvalue weighted by molar-refractivity contribution is -0.886. The van der Waals surface area contributed by atoms with Gasteiger partial charge in [0.1, 0.15) is 13.1 Å². The number of hydrogen-bond acceptors (Lipinski definition) is 4. The van der Waals surface area contributed by atoms with E-state index >= 15 is 0 Å². The molecule has 0 fully saturated rings. The lowest BCUT2D eigenvalue weighted by Gasteiger charge is -2.17. The van der Waals surface area contributed by atoms with Crippen LogP contribution < -0.4 is 21.5 Å². The number of nitrogens with one attached hydrogen (secondary N) is 2. The van der Waals surface area contributed by atoms with Crippen LogP contribution in [0.3, 0.4) is 0 Å². The molecule has 8 nitrogen and oxygen atoms in total. The predicted molar refractivity (Wildman–Crippen MR) is 115 cm³/mol. The first kappa shape index (κ1) is 21.2. The van der Waals surface area contributed by atoms with Crippen LogP contribution in [0.1, 0.15) is 18.3 Å². The third-order valence-electron chi connectivity index (χ3n) is 4.85. The molecule has 0 aliphatic heterocycles. The van der Waals surface area contributed by atoms with Crippen LogP contribution in [0.4, 0.5) is 5.69 Å². The Hall–Kier alpha value is -3.52. The highest BCUT2D eigenvalue weighted by molar-refractivity contribution is 5.92. The number of carbonyl (C=O) groups is 2. The fraction of sp³-hybridized carbons (Fsp3) is 0.273. The first-order valence-electron chi connectivity index (χ1n) is 9.84. The van der Waals surface area contributed by atoms with Crippen molar-refractivity contribution in [1.82, 2.24) is 9.55 Å². The van der Waals surface area contributed by atoms with Gasteiger partial charge >= 0.3 is 0 Å². The van der Waals surface area contributed by atoms with Gasteiger partial charge in [-0.15, -0.1) is 0 Å². The molecule has 0 spiro atoms. The smallest absolute Gasteiger partial charge is 0.279 e. The molecule has 0 aliphatic carbocycles. The van der Waals surface area contributed by atoms with Gasteiger partial charge in [0.05, 0.1) is 18.0 Å². The van der Waals surface area contributed by atoms with Gasteiger partial charge in [-0.05, 0) is 30.2 Å². The van der Waals surface area contributed by atoms with Gasteiger partial charge in [0.25, 0.3) is 11.5 Å². The van der Waals surface area contributed by atoms with Gasteiger partial charge in [0, 0.05) is 5.69 Å². The Morgan fingerprint density at radius 2 is 1.83 bits per heavy atom. The highest BCUT2D eigenvalue weighted by Crippen LogP contribution is 2.14. The van der Waals surface area contributed by atoms with Crippen LogP contribution in [-0.4, -0.2) is 35.0 Å². The zero-order chi connectivity index (χ0) is 21.7. The van der Waals surface area contributed by atoms with Crippen LogP contribution in [0.5, 0.6) is 0 Å². The zero-order valence-corrected chi connectivity index (χ0v) is 17.1. The number of aryl methyl sites for hydroxylation is 1. The van der Waals surface area contributed by atoms with Crippen molar-refractivity contribution in [3.05, 3.63) is 70.3 Å². The van der Waals surface area contributed by atoms with Crippen LogP contribution in [0.15, 0.2) is 53.3 Å². The summed E-state index contributed by atoms with van der Waals surface area (Å²) in [5.41, 5.74) is 7.43. The van der Waals surface area contributed by atoms with E-state index in [-0.39, 0.29) is 31.1 Å². The topological polar surface area (TPSA) is 112 Å². The van der Waals surface area contributed by atoms with Crippen molar-refractivity contribution in [3.63, 3.8) is 0 Å². The maximum atomic E-state index is 12.8. The number of amides is 2. The van der Waals surface area contributed by atoms with Crippen LogP contribution in [0.25, 0.3) is 10.9 Å². The van der Waals surface area contributed by atoms with E-state index in [0.29, 0.717) is 16.7 Å². The molecule has 4 N–H and O–H groups in total. The largest absolute Gasteiger partial charge is 0.368 e. The van der Waals surface area contributed by atoms with E-state index in [1.54, 1.807) is 24.3 Å². The van der Waals surface area contributed by atoms with E-state index in [1.165, 1.54) is 4.57 Å². The summed E-state index contributed by atoms with van der Waals surface area (Å²) in [4.78, 5) is 42.2. The van der Waals surface area contributed by atoms with E-state index in [0.717, 1.165) is 22.6 Å². The molecule has 3 rings (SSSR count). The Labute approximate surface area is 174 Å². The minimum absolute atomic E-state index is 0.141. The summed E-state index contributed by atoms with van der Waals surface area (Å²) < 4.78 is 1.29. The number of carbonyl (C=O) groups excluding carboxylic acids is 2. The number of fused-ring (bicyclic) bond motifs is 1. The zero-order valence-electron chi connectivity index (χ0n) is 17.1. The monoisotopic (exact) mass is 408 g/mol. The second-order valence-corrected chi connectivity index (χ2v) is 7.27. The average molecular weight is 408 g/mol. The van der Waals surface area contributed by atoms with Gasteiger partial charge in [-0.3, -0.25) is 19.0 Å². The SMILES string of the molecule is CCc1ccccc1NC(=O)C[NH+](C)Cc1nc2ccccc2c(=O)n1CC(N)=O. The van der Waals surface area contributed by atoms with Crippen molar-refractivity contribution in [3.8, 4) is 0 Å². The number of likely N-dealkylation sites (N-methyl/N-ethyl adjacent to an activating group) is 1. The Balaban J connectivity index is 1.80. The van der Waals surface area contributed by atoms with E-state index in [4.69, 9.17) is 5.73 Å². The predicted octanol–water partition coefficient (Wildman–Crippen LogP) is 0.0976. The van der Waals surface area contributed by atoms with Gasteiger partial charge in [0.2, 0.25) is 5.91 Å². The highest BCUT2D eigenvalue weighted by atomic mass is 16.2. The molecule has 1 aromatic heterocycles. The summed E-state index contributed by atoms with van der Waals surface area (Å²) in [6.07, 6.45) is 0.819. The quantitative estimate of drug-likeness (QED) is 0.491. The van der Waals surface area contributed by atoms with Crippen LogP contribution in [0.2, 0.25) is 0 Å². The summed E-state index contributed by atoms with van der Waals surface area (Å²) in [6, 6.07) is 14.6.